The highest BCUT2D eigenvalue weighted by atomic mass is 16.5. The molecule has 7 heteroatoms. The van der Waals surface area contributed by atoms with Gasteiger partial charge in [-0.1, -0.05) is 12.1 Å². The summed E-state index contributed by atoms with van der Waals surface area (Å²) in [5.74, 6) is 0.815. The summed E-state index contributed by atoms with van der Waals surface area (Å²) in [5, 5.41) is 6.40. The molecule has 0 saturated heterocycles. The predicted octanol–water partition coefficient (Wildman–Crippen LogP) is 2.68. The Morgan fingerprint density at radius 3 is 2.72 bits per heavy atom. The molecule has 0 radical (unpaired) electrons. The van der Waals surface area contributed by atoms with Crippen LogP contribution in [0.25, 0.3) is 0 Å². The van der Waals surface area contributed by atoms with Gasteiger partial charge in [0.25, 0.3) is 0 Å². The molecule has 0 atom stereocenters. The first kappa shape index (κ1) is 18.7. The largest absolute Gasteiger partial charge is 0.462 e. The Morgan fingerprint density at radius 1 is 1.24 bits per heavy atom. The lowest BCUT2D eigenvalue weighted by Gasteiger charge is -2.13. The van der Waals surface area contributed by atoms with Crippen molar-refractivity contribution in [2.24, 2.45) is 0 Å². The van der Waals surface area contributed by atoms with Gasteiger partial charge in [-0.25, -0.2) is 9.78 Å². The van der Waals surface area contributed by atoms with E-state index < -0.39 is 0 Å². The van der Waals surface area contributed by atoms with Crippen LogP contribution < -0.4 is 10.6 Å². The number of hydrogen-bond acceptors (Lipinski definition) is 7. The summed E-state index contributed by atoms with van der Waals surface area (Å²) in [7, 11) is 4.02. The van der Waals surface area contributed by atoms with E-state index in [1.54, 1.807) is 19.1 Å². The molecule has 2 aromatic rings. The fraction of sp³-hybridized carbons (Fsp3) is 0.389. The SMILES string of the molecule is CCOC(=O)c1ccccc1Nc1cc(C)nc(NCCN(C)C)n1. The maximum absolute atomic E-state index is 12.1. The molecule has 1 aromatic heterocycles. The van der Waals surface area contributed by atoms with Crippen molar-refractivity contribution in [2.75, 3.05) is 44.4 Å². The van der Waals surface area contributed by atoms with Gasteiger partial charge in [0.2, 0.25) is 5.95 Å². The third kappa shape index (κ3) is 5.72. The lowest BCUT2D eigenvalue weighted by Crippen LogP contribution is -2.21. The molecule has 0 aliphatic carbocycles. The van der Waals surface area contributed by atoms with Gasteiger partial charge in [-0.05, 0) is 40.1 Å². The highest BCUT2D eigenvalue weighted by molar-refractivity contribution is 5.96. The summed E-state index contributed by atoms with van der Waals surface area (Å²) >= 11 is 0. The topological polar surface area (TPSA) is 79.4 Å². The summed E-state index contributed by atoms with van der Waals surface area (Å²) in [6.45, 7) is 5.65. The molecule has 0 amide bonds. The number of ether oxygens (including phenoxy) is 1. The van der Waals surface area contributed by atoms with Crippen molar-refractivity contribution in [2.45, 2.75) is 13.8 Å². The van der Waals surface area contributed by atoms with Gasteiger partial charge in [0.15, 0.2) is 0 Å². The van der Waals surface area contributed by atoms with Crippen LogP contribution >= 0.6 is 0 Å². The quantitative estimate of drug-likeness (QED) is 0.713. The Bertz CT molecular complexity index is 718. The molecule has 0 unspecified atom stereocenters. The molecule has 2 N–H and O–H groups in total. The average Bonchev–Trinajstić information content (AvgIpc) is 2.54. The molecule has 0 fully saturated rings. The molecular weight excluding hydrogens is 318 g/mol. The average molecular weight is 343 g/mol. The minimum atomic E-state index is -0.360. The first-order chi connectivity index (χ1) is 12.0. The van der Waals surface area contributed by atoms with Gasteiger partial charge in [-0.2, -0.15) is 4.98 Å². The summed E-state index contributed by atoms with van der Waals surface area (Å²) in [6.07, 6.45) is 0. The van der Waals surface area contributed by atoms with E-state index >= 15 is 0 Å². The zero-order chi connectivity index (χ0) is 18.2. The van der Waals surface area contributed by atoms with E-state index in [0.29, 0.717) is 29.6 Å². The minimum absolute atomic E-state index is 0.333. The molecule has 7 nitrogen and oxygen atoms in total. The van der Waals surface area contributed by atoms with Gasteiger partial charge in [-0.15, -0.1) is 0 Å². The molecule has 0 aliphatic rings. The van der Waals surface area contributed by atoms with Crippen LogP contribution in [0, 0.1) is 6.92 Å². The number of likely N-dealkylation sites (N-methyl/N-ethyl adjacent to an activating group) is 1. The van der Waals surface area contributed by atoms with Gasteiger partial charge in [0.05, 0.1) is 17.9 Å². The second kappa shape index (κ2) is 8.98. The van der Waals surface area contributed by atoms with E-state index in [9.17, 15) is 4.79 Å². The molecular formula is C18H25N5O2. The maximum Gasteiger partial charge on any atom is 0.340 e. The van der Waals surface area contributed by atoms with E-state index in [2.05, 4.69) is 25.5 Å². The van der Waals surface area contributed by atoms with E-state index in [-0.39, 0.29) is 5.97 Å². The number of para-hydroxylation sites is 1. The lowest BCUT2D eigenvalue weighted by atomic mass is 10.2. The van der Waals surface area contributed by atoms with Crippen LogP contribution in [0.4, 0.5) is 17.5 Å². The third-order valence-corrected chi connectivity index (χ3v) is 3.38. The summed E-state index contributed by atoms with van der Waals surface area (Å²) in [4.78, 5) is 23.0. The van der Waals surface area contributed by atoms with Crippen molar-refractivity contribution < 1.29 is 9.53 Å². The van der Waals surface area contributed by atoms with Crippen LogP contribution in [0.3, 0.4) is 0 Å². The van der Waals surface area contributed by atoms with Gasteiger partial charge in [0, 0.05) is 24.8 Å². The van der Waals surface area contributed by atoms with Crippen LogP contribution in [0.1, 0.15) is 23.0 Å². The monoisotopic (exact) mass is 343 g/mol. The number of benzene rings is 1. The molecule has 134 valence electrons. The zero-order valence-corrected chi connectivity index (χ0v) is 15.2. The number of aromatic nitrogens is 2. The van der Waals surface area contributed by atoms with Crippen molar-refractivity contribution in [1.29, 1.82) is 0 Å². The number of carbonyl (C=O) groups excluding carboxylic acids is 1. The molecule has 0 aliphatic heterocycles. The Morgan fingerprint density at radius 2 is 2.00 bits per heavy atom. The van der Waals surface area contributed by atoms with Gasteiger partial charge >= 0.3 is 5.97 Å². The number of aryl methyl sites for hydroxylation is 1. The Kier molecular flexibility index (Phi) is 6.71. The van der Waals surface area contributed by atoms with E-state index in [0.717, 1.165) is 18.8 Å². The van der Waals surface area contributed by atoms with Crippen LogP contribution in [0.2, 0.25) is 0 Å². The second-order valence-electron chi connectivity index (χ2n) is 5.84. The van der Waals surface area contributed by atoms with E-state index in [1.165, 1.54) is 0 Å². The predicted molar refractivity (Wildman–Crippen MR) is 99.5 cm³/mol. The zero-order valence-electron chi connectivity index (χ0n) is 15.2. The smallest absolute Gasteiger partial charge is 0.340 e. The molecule has 0 saturated carbocycles. The first-order valence-corrected chi connectivity index (χ1v) is 8.27. The van der Waals surface area contributed by atoms with Crippen LogP contribution in [-0.4, -0.2) is 54.6 Å². The summed E-state index contributed by atoms with van der Waals surface area (Å²) in [6, 6.07) is 9.04. The van der Waals surface area contributed by atoms with E-state index in [4.69, 9.17) is 4.74 Å². The van der Waals surface area contributed by atoms with Crippen molar-refractivity contribution in [1.82, 2.24) is 14.9 Å². The van der Waals surface area contributed by atoms with Crippen molar-refractivity contribution in [3.8, 4) is 0 Å². The number of rotatable bonds is 8. The second-order valence-corrected chi connectivity index (χ2v) is 5.84. The molecule has 0 spiro atoms. The number of hydrogen-bond donors (Lipinski definition) is 2. The lowest BCUT2D eigenvalue weighted by molar-refractivity contribution is 0.0527. The third-order valence-electron chi connectivity index (χ3n) is 3.38. The van der Waals surface area contributed by atoms with Gasteiger partial charge in [-0.3, -0.25) is 0 Å². The highest BCUT2D eigenvalue weighted by Gasteiger charge is 2.13. The fourth-order valence-electron chi connectivity index (χ4n) is 2.22. The normalized spacial score (nSPS) is 10.6. The Labute approximate surface area is 148 Å². The van der Waals surface area contributed by atoms with E-state index in [1.807, 2.05) is 39.2 Å². The molecule has 1 heterocycles. The number of esters is 1. The number of nitrogens with zero attached hydrogens (tertiary/aromatic N) is 3. The number of carbonyl (C=O) groups is 1. The van der Waals surface area contributed by atoms with Crippen molar-refractivity contribution >= 4 is 23.4 Å². The minimum Gasteiger partial charge on any atom is -0.462 e. The molecule has 0 bridgehead atoms. The molecule has 1 aromatic carbocycles. The van der Waals surface area contributed by atoms with Gasteiger partial charge in [0.1, 0.15) is 5.82 Å². The van der Waals surface area contributed by atoms with Crippen LogP contribution in [-0.2, 0) is 4.74 Å². The molecule has 25 heavy (non-hydrogen) atoms. The van der Waals surface area contributed by atoms with Crippen LogP contribution in [0.5, 0.6) is 0 Å². The Balaban J connectivity index is 2.17. The van der Waals surface area contributed by atoms with Crippen LogP contribution in [0.15, 0.2) is 30.3 Å². The maximum atomic E-state index is 12.1. The van der Waals surface area contributed by atoms with Crippen molar-refractivity contribution in [3.05, 3.63) is 41.6 Å². The fourth-order valence-corrected chi connectivity index (χ4v) is 2.22. The Hall–Kier alpha value is -2.67. The molecule has 2 rings (SSSR count). The van der Waals surface area contributed by atoms with Crippen molar-refractivity contribution in [3.63, 3.8) is 0 Å². The summed E-state index contributed by atoms with van der Waals surface area (Å²) < 4.78 is 5.10. The highest BCUT2D eigenvalue weighted by Crippen LogP contribution is 2.21. The first-order valence-electron chi connectivity index (χ1n) is 8.27. The number of anilines is 3. The van der Waals surface area contributed by atoms with Gasteiger partial charge < -0.3 is 20.3 Å². The summed E-state index contributed by atoms with van der Waals surface area (Å²) in [5.41, 5.74) is 1.96. The number of nitrogens with one attached hydrogen (secondary N) is 2. The standard InChI is InChI=1S/C18H25N5O2/c1-5-25-17(24)14-8-6-7-9-15(14)21-16-12-13(2)20-18(22-16)19-10-11-23(3)4/h6-9,12H,5,10-11H2,1-4H3,(H2,19,20,21,22).